The van der Waals surface area contributed by atoms with Gasteiger partial charge in [0, 0.05) is 6.54 Å². The number of amides is 1. The minimum absolute atomic E-state index is 0.0356. The van der Waals surface area contributed by atoms with Gasteiger partial charge in [-0.2, -0.15) is 16.5 Å². The molecule has 2 aromatic carbocycles. The molecule has 9 heteroatoms. The average molecular weight is 475 g/mol. The van der Waals surface area contributed by atoms with E-state index in [0.29, 0.717) is 18.7 Å². The molecule has 2 atom stereocenters. The molecule has 0 saturated heterocycles. The van der Waals surface area contributed by atoms with Gasteiger partial charge in [-0.05, 0) is 48.1 Å². The first-order chi connectivity index (χ1) is 13.7. The molecule has 5 nitrogen and oxygen atoms in total. The van der Waals surface area contributed by atoms with E-state index in [1.165, 1.54) is 18.2 Å². The van der Waals surface area contributed by atoms with E-state index >= 15 is 0 Å². The van der Waals surface area contributed by atoms with Gasteiger partial charge in [-0.25, -0.2) is 8.42 Å². The zero-order valence-corrected chi connectivity index (χ0v) is 19.3. The van der Waals surface area contributed by atoms with E-state index < -0.39 is 16.1 Å². The van der Waals surface area contributed by atoms with Gasteiger partial charge < -0.3 is 5.32 Å². The number of nitrogens with one attached hydrogen (secondary N) is 2. The largest absolute Gasteiger partial charge is 0.354 e. The van der Waals surface area contributed by atoms with Crippen LogP contribution in [0.1, 0.15) is 24.8 Å². The molecule has 0 aromatic heterocycles. The third kappa shape index (κ3) is 7.19. The van der Waals surface area contributed by atoms with E-state index in [1.54, 1.807) is 11.8 Å². The fraction of sp³-hybridized carbons (Fsp3) is 0.350. The first-order valence-electron chi connectivity index (χ1n) is 9.03. The summed E-state index contributed by atoms with van der Waals surface area (Å²) in [5, 5.41) is 3.26. The van der Waals surface area contributed by atoms with Crippen LogP contribution in [0.2, 0.25) is 10.0 Å². The fourth-order valence-corrected chi connectivity index (χ4v) is 4.74. The summed E-state index contributed by atoms with van der Waals surface area (Å²) in [6.45, 7) is 2.42. The summed E-state index contributed by atoms with van der Waals surface area (Å²) in [7, 11) is -3.93. The zero-order valence-electron chi connectivity index (χ0n) is 16.2. The molecule has 2 aromatic rings. The Hall–Kier alpha value is -1.25. The Bertz CT molecular complexity index is 925. The second kappa shape index (κ2) is 11.2. The number of rotatable bonds is 10. The number of hydrogen-bond donors (Lipinski definition) is 2. The Morgan fingerprint density at radius 1 is 1.10 bits per heavy atom. The summed E-state index contributed by atoms with van der Waals surface area (Å²) in [5.74, 6) is 0.384. The van der Waals surface area contributed by atoms with Crippen LogP contribution in [-0.4, -0.2) is 38.9 Å². The minimum Gasteiger partial charge on any atom is -0.354 e. The third-order valence-electron chi connectivity index (χ3n) is 4.38. The maximum absolute atomic E-state index is 12.7. The van der Waals surface area contributed by atoms with Crippen LogP contribution < -0.4 is 10.0 Å². The van der Waals surface area contributed by atoms with Gasteiger partial charge in [0.05, 0.1) is 14.9 Å². The van der Waals surface area contributed by atoms with E-state index in [-0.39, 0.29) is 26.8 Å². The molecule has 0 aliphatic rings. The number of sulfonamides is 1. The van der Waals surface area contributed by atoms with Gasteiger partial charge in [-0.3, -0.25) is 4.79 Å². The number of halogens is 2. The summed E-state index contributed by atoms with van der Waals surface area (Å²) in [6, 6.07) is 13.0. The second-order valence-electron chi connectivity index (χ2n) is 6.59. The van der Waals surface area contributed by atoms with Crippen LogP contribution in [0.3, 0.4) is 0 Å². The Labute approximate surface area is 186 Å². The molecule has 0 aliphatic heterocycles. The Morgan fingerprint density at radius 3 is 2.41 bits per heavy atom. The Kier molecular flexibility index (Phi) is 9.30. The van der Waals surface area contributed by atoms with Gasteiger partial charge in [-0.15, -0.1) is 0 Å². The van der Waals surface area contributed by atoms with E-state index in [0.717, 1.165) is 5.56 Å². The van der Waals surface area contributed by atoms with Crippen LogP contribution in [-0.2, 0) is 14.8 Å². The lowest BCUT2D eigenvalue weighted by Gasteiger charge is -2.20. The summed E-state index contributed by atoms with van der Waals surface area (Å²) < 4.78 is 28.0. The van der Waals surface area contributed by atoms with Crippen LogP contribution in [0.15, 0.2) is 53.4 Å². The van der Waals surface area contributed by atoms with Crippen LogP contribution in [0.4, 0.5) is 0 Å². The summed E-state index contributed by atoms with van der Waals surface area (Å²) in [5.41, 5.74) is 1.10. The van der Waals surface area contributed by atoms with Crippen molar-refractivity contribution in [1.29, 1.82) is 0 Å². The highest BCUT2D eigenvalue weighted by Gasteiger charge is 2.26. The predicted octanol–water partition coefficient (Wildman–Crippen LogP) is 4.31. The average Bonchev–Trinajstić information content (AvgIpc) is 2.71. The van der Waals surface area contributed by atoms with Gasteiger partial charge in [0.2, 0.25) is 15.9 Å². The third-order valence-corrected chi connectivity index (χ3v) is 7.23. The summed E-state index contributed by atoms with van der Waals surface area (Å²) in [6.07, 6.45) is 2.27. The molecule has 0 unspecified atom stereocenters. The van der Waals surface area contributed by atoms with Crippen molar-refractivity contribution >= 4 is 50.9 Å². The number of carbonyl (C=O) groups is 1. The van der Waals surface area contributed by atoms with Crippen LogP contribution in [0.25, 0.3) is 0 Å². The fourth-order valence-electron chi connectivity index (χ4n) is 2.65. The zero-order chi connectivity index (χ0) is 21.4. The molecule has 2 rings (SSSR count). The van der Waals surface area contributed by atoms with Crippen molar-refractivity contribution < 1.29 is 13.2 Å². The van der Waals surface area contributed by atoms with Crippen molar-refractivity contribution in [3.05, 3.63) is 64.1 Å². The summed E-state index contributed by atoms with van der Waals surface area (Å²) in [4.78, 5) is 12.7. The van der Waals surface area contributed by atoms with Crippen LogP contribution in [0, 0.1) is 0 Å². The lowest BCUT2D eigenvalue weighted by atomic mass is 10.0. The van der Waals surface area contributed by atoms with Gasteiger partial charge in [-0.1, -0.05) is 60.5 Å². The van der Waals surface area contributed by atoms with Crippen molar-refractivity contribution in [1.82, 2.24) is 10.0 Å². The maximum Gasteiger partial charge on any atom is 0.241 e. The Morgan fingerprint density at radius 2 is 1.79 bits per heavy atom. The molecule has 0 fully saturated rings. The quantitative estimate of drug-likeness (QED) is 0.537. The normalized spacial score (nSPS) is 13.7. The molecule has 158 valence electrons. The lowest BCUT2D eigenvalue weighted by molar-refractivity contribution is -0.122. The van der Waals surface area contributed by atoms with E-state index in [2.05, 4.69) is 10.0 Å². The van der Waals surface area contributed by atoms with Crippen molar-refractivity contribution in [3.8, 4) is 0 Å². The first kappa shape index (κ1) is 24.0. The van der Waals surface area contributed by atoms with Crippen molar-refractivity contribution in [3.63, 3.8) is 0 Å². The van der Waals surface area contributed by atoms with Gasteiger partial charge in [0.15, 0.2) is 0 Å². The van der Waals surface area contributed by atoms with E-state index in [1.807, 2.05) is 43.5 Å². The monoisotopic (exact) mass is 474 g/mol. The molecule has 1 amide bonds. The maximum atomic E-state index is 12.7. The predicted molar refractivity (Wildman–Crippen MR) is 121 cm³/mol. The molecule has 0 saturated carbocycles. The second-order valence-corrected chi connectivity index (χ2v) is 10.1. The van der Waals surface area contributed by atoms with Gasteiger partial charge >= 0.3 is 0 Å². The first-order valence-corrected chi connectivity index (χ1v) is 12.7. The summed E-state index contributed by atoms with van der Waals surface area (Å²) >= 11 is 13.3. The number of hydrogen-bond acceptors (Lipinski definition) is 4. The molecule has 29 heavy (non-hydrogen) atoms. The standard InChI is InChI=1S/C20H24Cl2N2O3S2/c1-14(15-6-4-3-5-7-15)13-23-20(25)19(10-11-28-2)24-29(26,27)16-8-9-17(21)18(22)12-16/h3-9,12,14,19,24H,10-11,13H2,1-2H3,(H,23,25)/t14-,19-/m0/s1. The molecule has 0 bridgehead atoms. The van der Waals surface area contributed by atoms with Crippen LogP contribution in [0.5, 0.6) is 0 Å². The topological polar surface area (TPSA) is 75.3 Å². The Balaban J connectivity index is 2.08. The highest BCUT2D eigenvalue weighted by Crippen LogP contribution is 2.25. The van der Waals surface area contributed by atoms with Crippen LogP contribution >= 0.6 is 35.0 Å². The molecule has 0 radical (unpaired) electrons. The SMILES string of the molecule is CSCC[C@H](NS(=O)(=O)c1ccc(Cl)c(Cl)c1)C(=O)NC[C@H](C)c1ccccc1. The molecule has 0 aliphatic carbocycles. The number of carbonyl (C=O) groups excluding carboxylic acids is 1. The molecular weight excluding hydrogens is 451 g/mol. The molecular formula is C20H24Cl2N2O3S2. The van der Waals surface area contributed by atoms with Gasteiger partial charge in [0.1, 0.15) is 6.04 Å². The highest BCUT2D eigenvalue weighted by molar-refractivity contribution is 7.98. The number of benzene rings is 2. The van der Waals surface area contributed by atoms with Crippen molar-refractivity contribution in [2.24, 2.45) is 0 Å². The number of thioether (sulfide) groups is 1. The van der Waals surface area contributed by atoms with Gasteiger partial charge in [0.25, 0.3) is 0 Å². The molecule has 0 spiro atoms. The van der Waals surface area contributed by atoms with E-state index in [4.69, 9.17) is 23.2 Å². The molecule has 0 heterocycles. The van der Waals surface area contributed by atoms with E-state index in [9.17, 15) is 13.2 Å². The lowest BCUT2D eigenvalue weighted by Crippen LogP contribution is -2.47. The van der Waals surface area contributed by atoms with Crippen molar-refractivity contribution in [2.75, 3.05) is 18.6 Å². The highest BCUT2D eigenvalue weighted by atomic mass is 35.5. The minimum atomic E-state index is -3.93. The smallest absolute Gasteiger partial charge is 0.241 e. The molecule has 2 N–H and O–H groups in total. The van der Waals surface area contributed by atoms with Crippen molar-refractivity contribution in [2.45, 2.75) is 30.2 Å².